The molecule has 0 saturated carbocycles. The van der Waals surface area contributed by atoms with Crippen LogP contribution in [0.25, 0.3) is 0 Å². The number of rotatable bonds is 4. The van der Waals surface area contributed by atoms with Gasteiger partial charge >= 0.3 is 0 Å². The van der Waals surface area contributed by atoms with Crippen LogP contribution in [0.5, 0.6) is 5.75 Å². The van der Waals surface area contributed by atoms with Crippen LogP contribution in [0.1, 0.15) is 26.5 Å². The highest BCUT2D eigenvalue weighted by molar-refractivity contribution is 7.89. The molecule has 0 bridgehead atoms. The predicted molar refractivity (Wildman–Crippen MR) is 88.7 cm³/mol. The number of hydrogen-bond donors (Lipinski definition) is 2. The Bertz CT molecular complexity index is 850. The first-order chi connectivity index (χ1) is 10.9. The number of primary sulfonamides is 1. The van der Waals surface area contributed by atoms with E-state index >= 15 is 0 Å². The molecule has 1 aromatic heterocycles. The van der Waals surface area contributed by atoms with E-state index in [1.54, 1.807) is 6.07 Å². The van der Waals surface area contributed by atoms with E-state index in [1.165, 1.54) is 41.0 Å². The van der Waals surface area contributed by atoms with E-state index in [0.29, 0.717) is 10.6 Å². The van der Waals surface area contributed by atoms with E-state index in [0.717, 1.165) is 19.3 Å². The number of carbonyl (C=O) groups is 1. The van der Waals surface area contributed by atoms with Crippen molar-refractivity contribution in [2.24, 2.45) is 5.14 Å². The fraction of sp³-hybridized carbons (Fsp3) is 0.267. The van der Waals surface area contributed by atoms with Crippen LogP contribution in [-0.4, -0.2) is 21.4 Å². The molecule has 6 nitrogen and oxygen atoms in total. The molecule has 3 rings (SSSR count). The number of sulfonamides is 1. The molecule has 1 heterocycles. The van der Waals surface area contributed by atoms with Gasteiger partial charge in [0.25, 0.3) is 5.91 Å². The van der Waals surface area contributed by atoms with Crippen LogP contribution in [0.15, 0.2) is 29.2 Å². The summed E-state index contributed by atoms with van der Waals surface area (Å²) < 4.78 is 28.2. The molecule has 0 radical (unpaired) electrons. The molecule has 0 unspecified atom stereocenters. The number of thiophene rings is 1. The predicted octanol–water partition coefficient (Wildman–Crippen LogP) is 2.15. The lowest BCUT2D eigenvalue weighted by atomic mass is 10.2. The summed E-state index contributed by atoms with van der Waals surface area (Å²) in [5.41, 5.74) is 1.59. The third-order valence-corrected chi connectivity index (χ3v) is 5.87. The molecule has 1 aliphatic rings. The maximum Gasteiger partial charge on any atom is 0.265 e. The molecule has 0 aliphatic heterocycles. The van der Waals surface area contributed by atoms with Crippen molar-refractivity contribution in [1.82, 2.24) is 0 Å². The highest BCUT2D eigenvalue weighted by atomic mass is 32.2. The zero-order valence-corrected chi connectivity index (χ0v) is 14.1. The van der Waals surface area contributed by atoms with Crippen LogP contribution in [-0.2, 0) is 22.9 Å². The van der Waals surface area contributed by atoms with Crippen molar-refractivity contribution in [3.63, 3.8) is 0 Å². The first kappa shape index (κ1) is 16.0. The minimum atomic E-state index is -3.94. The number of methoxy groups -OCH3 is 1. The van der Waals surface area contributed by atoms with Gasteiger partial charge in [0.1, 0.15) is 10.6 Å². The Kier molecular flexibility index (Phi) is 4.13. The van der Waals surface area contributed by atoms with Gasteiger partial charge in [0.2, 0.25) is 10.0 Å². The Morgan fingerprint density at radius 1 is 1.30 bits per heavy atom. The first-order valence-electron chi connectivity index (χ1n) is 7.02. The smallest absolute Gasteiger partial charge is 0.265 e. The normalized spacial score (nSPS) is 13.7. The second-order valence-corrected chi connectivity index (χ2v) is 7.94. The van der Waals surface area contributed by atoms with Gasteiger partial charge in [0, 0.05) is 10.6 Å². The minimum Gasteiger partial charge on any atom is -0.495 e. The second kappa shape index (κ2) is 5.95. The Morgan fingerprint density at radius 3 is 2.74 bits per heavy atom. The Balaban J connectivity index is 1.86. The molecule has 0 atom stereocenters. The van der Waals surface area contributed by atoms with E-state index in [9.17, 15) is 13.2 Å². The van der Waals surface area contributed by atoms with Crippen LogP contribution in [0.4, 0.5) is 5.69 Å². The topological polar surface area (TPSA) is 98.5 Å². The average molecular weight is 352 g/mol. The molecule has 1 aliphatic carbocycles. The number of aryl methyl sites for hydroxylation is 2. The summed E-state index contributed by atoms with van der Waals surface area (Å²) in [4.78, 5) is 14.0. The highest BCUT2D eigenvalue weighted by Crippen LogP contribution is 2.31. The van der Waals surface area contributed by atoms with Crippen LogP contribution in [0.2, 0.25) is 0 Å². The van der Waals surface area contributed by atoms with Crippen LogP contribution < -0.4 is 15.2 Å². The lowest BCUT2D eigenvalue weighted by Gasteiger charge is -2.09. The van der Waals surface area contributed by atoms with Gasteiger partial charge in [-0.15, -0.1) is 11.3 Å². The number of benzene rings is 1. The number of anilines is 1. The van der Waals surface area contributed by atoms with Gasteiger partial charge in [0.05, 0.1) is 12.0 Å². The summed E-state index contributed by atoms with van der Waals surface area (Å²) in [6.45, 7) is 0. The molecule has 122 valence electrons. The zero-order valence-electron chi connectivity index (χ0n) is 12.5. The maximum atomic E-state index is 12.3. The van der Waals surface area contributed by atoms with Crippen LogP contribution >= 0.6 is 11.3 Å². The largest absolute Gasteiger partial charge is 0.495 e. The van der Waals surface area contributed by atoms with Gasteiger partial charge in [-0.05, 0) is 49.1 Å². The van der Waals surface area contributed by atoms with Crippen molar-refractivity contribution in [1.29, 1.82) is 0 Å². The number of amides is 1. The van der Waals surface area contributed by atoms with Crippen molar-refractivity contribution in [2.75, 3.05) is 12.4 Å². The number of nitrogens with one attached hydrogen (secondary N) is 1. The van der Waals surface area contributed by atoms with E-state index in [2.05, 4.69) is 5.32 Å². The monoisotopic (exact) mass is 352 g/mol. The lowest BCUT2D eigenvalue weighted by Crippen LogP contribution is -2.15. The molecule has 0 spiro atoms. The first-order valence-corrected chi connectivity index (χ1v) is 9.38. The molecule has 0 fully saturated rings. The average Bonchev–Trinajstić information content (AvgIpc) is 3.07. The molecule has 8 heteroatoms. The van der Waals surface area contributed by atoms with Crippen molar-refractivity contribution >= 4 is 33.0 Å². The van der Waals surface area contributed by atoms with Crippen molar-refractivity contribution < 1.29 is 17.9 Å². The molecule has 23 heavy (non-hydrogen) atoms. The quantitative estimate of drug-likeness (QED) is 0.881. The zero-order chi connectivity index (χ0) is 16.6. The molecular formula is C15H16N2O4S2. The fourth-order valence-electron chi connectivity index (χ4n) is 2.61. The van der Waals surface area contributed by atoms with Gasteiger partial charge < -0.3 is 10.1 Å². The Morgan fingerprint density at radius 2 is 2.09 bits per heavy atom. The number of nitrogens with two attached hydrogens (primary N) is 1. The van der Waals surface area contributed by atoms with Gasteiger partial charge in [0.15, 0.2) is 0 Å². The summed E-state index contributed by atoms with van der Waals surface area (Å²) in [6, 6.07) is 6.25. The third kappa shape index (κ3) is 3.24. The molecule has 1 aromatic carbocycles. The molecule has 1 amide bonds. The van der Waals surface area contributed by atoms with E-state index in [4.69, 9.17) is 9.88 Å². The summed E-state index contributed by atoms with van der Waals surface area (Å²) in [7, 11) is -2.58. The molecule has 0 saturated heterocycles. The van der Waals surface area contributed by atoms with Crippen molar-refractivity contribution in [3.05, 3.63) is 39.6 Å². The van der Waals surface area contributed by atoms with Crippen LogP contribution in [0, 0.1) is 0 Å². The summed E-state index contributed by atoms with van der Waals surface area (Å²) in [5, 5.41) is 7.88. The van der Waals surface area contributed by atoms with E-state index < -0.39 is 10.0 Å². The van der Waals surface area contributed by atoms with Gasteiger partial charge in [-0.1, -0.05) is 0 Å². The highest BCUT2D eigenvalue weighted by Gasteiger charge is 2.20. The molecular weight excluding hydrogens is 336 g/mol. The van der Waals surface area contributed by atoms with E-state index in [-0.39, 0.29) is 16.6 Å². The van der Waals surface area contributed by atoms with Crippen molar-refractivity contribution in [3.8, 4) is 5.75 Å². The lowest BCUT2D eigenvalue weighted by molar-refractivity contribution is 0.103. The number of fused-ring (bicyclic) bond motifs is 1. The molecule has 3 N–H and O–H groups in total. The summed E-state index contributed by atoms with van der Waals surface area (Å²) >= 11 is 1.49. The Hall–Kier alpha value is -1.90. The van der Waals surface area contributed by atoms with Gasteiger partial charge in [-0.2, -0.15) is 0 Å². The number of hydrogen-bond acceptors (Lipinski definition) is 5. The van der Waals surface area contributed by atoms with E-state index in [1.807, 2.05) is 6.07 Å². The van der Waals surface area contributed by atoms with Crippen molar-refractivity contribution in [2.45, 2.75) is 24.2 Å². The molecule has 2 aromatic rings. The van der Waals surface area contributed by atoms with Crippen LogP contribution in [0.3, 0.4) is 0 Å². The fourth-order valence-corrected chi connectivity index (χ4v) is 4.48. The second-order valence-electron chi connectivity index (χ2n) is 5.28. The standard InChI is InChI=1S/C15H16N2O4S2/c1-21-11-6-5-10(8-14(11)23(16,19)20)17-15(18)13-7-9-3-2-4-12(9)22-13/h5-8H,2-4H2,1H3,(H,17,18)(H2,16,19,20). The van der Waals surface area contributed by atoms with Gasteiger partial charge in [-0.25, -0.2) is 13.6 Å². The number of carbonyl (C=O) groups excluding carboxylic acids is 1. The van der Waals surface area contributed by atoms with Gasteiger partial charge in [-0.3, -0.25) is 4.79 Å². The Labute approximate surface area is 138 Å². The summed E-state index contributed by atoms with van der Waals surface area (Å²) in [6.07, 6.45) is 3.17. The minimum absolute atomic E-state index is 0.139. The SMILES string of the molecule is COc1ccc(NC(=O)c2cc3c(s2)CCC3)cc1S(N)(=O)=O. The summed E-state index contributed by atoms with van der Waals surface area (Å²) in [5.74, 6) is -0.115. The number of ether oxygens (including phenoxy) is 1. The third-order valence-electron chi connectivity index (χ3n) is 3.70. The maximum absolute atomic E-state index is 12.3.